The molecule has 1 heterocycles. The SMILES string of the molecule is O=C(CSc1ccccc1)NC1CCN(Cc2ccc3cc(F)ccc3c2)CC1. The predicted octanol–water partition coefficient (Wildman–Crippen LogP) is 4.85. The van der Waals surface area contributed by atoms with Crippen LogP contribution in [0.15, 0.2) is 71.6 Å². The lowest BCUT2D eigenvalue weighted by Gasteiger charge is -2.32. The van der Waals surface area contributed by atoms with Gasteiger partial charge in [0, 0.05) is 30.6 Å². The number of nitrogens with one attached hydrogen (secondary N) is 1. The van der Waals surface area contributed by atoms with Crippen LogP contribution in [-0.2, 0) is 11.3 Å². The van der Waals surface area contributed by atoms with Crippen LogP contribution in [0.25, 0.3) is 10.8 Å². The second-order valence-electron chi connectivity index (χ2n) is 7.55. The van der Waals surface area contributed by atoms with Crippen molar-refractivity contribution in [3.8, 4) is 0 Å². The second-order valence-corrected chi connectivity index (χ2v) is 8.59. The molecule has 0 aromatic heterocycles. The van der Waals surface area contributed by atoms with Gasteiger partial charge in [0.25, 0.3) is 0 Å². The number of hydrogen-bond donors (Lipinski definition) is 1. The van der Waals surface area contributed by atoms with E-state index in [1.807, 2.05) is 42.5 Å². The first-order chi connectivity index (χ1) is 14.2. The van der Waals surface area contributed by atoms with Gasteiger partial charge in [-0.1, -0.05) is 36.4 Å². The Morgan fingerprint density at radius 3 is 2.52 bits per heavy atom. The predicted molar refractivity (Wildman–Crippen MR) is 118 cm³/mol. The standard InChI is InChI=1S/C24H25FN2OS/c25-21-9-8-19-14-18(6-7-20(19)15-21)16-27-12-10-22(11-13-27)26-24(28)17-29-23-4-2-1-3-5-23/h1-9,14-15,22H,10-13,16-17H2,(H,26,28). The maximum atomic E-state index is 13.3. The summed E-state index contributed by atoms with van der Waals surface area (Å²) >= 11 is 1.58. The molecular weight excluding hydrogens is 383 g/mol. The molecule has 1 N–H and O–H groups in total. The maximum absolute atomic E-state index is 13.3. The maximum Gasteiger partial charge on any atom is 0.230 e. The lowest BCUT2D eigenvalue weighted by atomic mass is 10.0. The van der Waals surface area contributed by atoms with Gasteiger partial charge >= 0.3 is 0 Å². The summed E-state index contributed by atoms with van der Waals surface area (Å²) in [6, 6.07) is 21.4. The number of likely N-dealkylation sites (tertiary alicyclic amines) is 1. The minimum Gasteiger partial charge on any atom is -0.353 e. The van der Waals surface area contributed by atoms with Gasteiger partial charge < -0.3 is 5.32 Å². The lowest BCUT2D eigenvalue weighted by Crippen LogP contribution is -2.44. The summed E-state index contributed by atoms with van der Waals surface area (Å²) in [5, 5.41) is 5.19. The quantitative estimate of drug-likeness (QED) is 0.592. The van der Waals surface area contributed by atoms with Crippen LogP contribution in [0.3, 0.4) is 0 Å². The van der Waals surface area contributed by atoms with Crippen LogP contribution in [0.5, 0.6) is 0 Å². The monoisotopic (exact) mass is 408 g/mol. The van der Waals surface area contributed by atoms with E-state index in [4.69, 9.17) is 0 Å². The summed E-state index contributed by atoms with van der Waals surface area (Å²) in [6.45, 7) is 2.83. The number of benzene rings is 3. The van der Waals surface area contributed by atoms with Crippen molar-refractivity contribution in [2.24, 2.45) is 0 Å². The third kappa shape index (κ3) is 5.58. The third-order valence-corrected chi connectivity index (χ3v) is 6.35. The number of carbonyl (C=O) groups is 1. The Labute approximate surface area is 175 Å². The van der Waals surface area contributed by atoms with Crippen molar-refractivity contribution in [2.45, 2.75) is 30.3 Å². The molecule has 3 aromatic carbocycles. The smallest absolute Gasteiger partial charge is 0.230 e. The first kappa shape index (κ1) is 19.9. The van der Waals surface area contributed by atoms with Crippen molar-refractivity contribution in [2.75, 3.05) is 18.8 Å². The van der Waals surface area contributed by atoms with Crippen LogP contribution in [0.1, 0.15) is 18.4 Å². The van der Waals surface area contributed by atoms with Crippen molar-refractivity contribution < 1.29 is 9.18 Å². The summed E-state index contributed by atoms with van der Waals surface area (Å²) in [5.41, 5.74) is 1.24. The van der Waals surface area contributed by atoms with Gasteiger partial charge in [-0.2, -0.15) is 0 Å². The first-order valence-electron chi connectivity index (χ1n) is 10.0. The van der Waals surface area contributed by atoms with Gasteiger partial charge in [-0.15, -0.1) is 11.8 Å². The zero-order valence-corrected chi connectivity index (χ0v) is 17.1. The van der Waals surface area contributed by atoms with Gasteiger partial charge in [-0.3, -0.25) is 9.69 Å². The highest BCUT2D eigenvalue weighted by molar-refractivity contribution is 8.00. The van der Waals surface area contributed by atoms with E-state index in [1.165, 1.54) is 11.6 Å². The van der Waals surface area contributed by atoms with Gasteiger partial charge in [-0.25, -0.2) is 4.39 Å². The molecule has 0 atom stereocenters. The summed E-state index contributed by atoms with van der Waals surface area (Å²) < 4.78 is 13.3. The Morgan fingerprint density at radius 2 is 1.72 bits per heavy atom. The molecule has 0 radical (unpaired) electrons. The second kappa shape index (κ2) is 9.42. The minimum atomic E-state index is -0.198. The molecule has 0 spiro atoms. The highest BCUT2D eigenvalue weighted by Crippen LogP contribution is 2.21. The van der Waals surface area contributed by atoms with Gasteiger partial charge in [0.15, 0.2) is 0 Å². The summed E-state index contributed by atoms with van der Waals surface area (Å²) in [5.74, 6) is 0.373. The zero-order chi connectivity index (χ0) is 20.1. The number of halogens is 1. The lowest BCUT2D eigenvalue weighted by molar-refractivity contribution is -0.119. The van der Waals surface area contributed by atoms with Crippen molar-refractivity contribution in [1.29, 1.82) is 0 Å². The van der Waals surface area contributed by atoms with Crippen molar-refractivity contribution >= 4 is 28.4 Å². The molecule has 0 bridgehead atoms. The average Bonchev–Trinajstić information content (AvgIpc) is 2.74. The van der Waals surface area contributed by atoms with Gasteiger partial charge in [0.05, 0.1) is 5.75 Å². The molecule has 3 aromatic rings. The highest BCUT2D eigenvalue weighted by Gasteiger charge is 2.20. The van der Waals surface area contributed by atoms with E-state index in [9.17, 15) is 9.18 Å². The molecule has 150 valence electrons. The van der Waals surface area contributed by atoms with Crippen LogP contribution < -0.4 is 5.32 Å². The third-order valence-electron chi connectivity index (χ3n) is 5.34. The fourth-order valence-corrected chi connectivity index (χ4v) is 4.52. The van der Waals surface area contributed by atoms with Crippen molar-refractivity contribution in [3.63, 3.8) is 0 Å². The van der Waals surface area contributed by atoms with E-state index in [0.29, 0.717) is 5.75 Å². The number of carbonyl (C=O) groups excluding carboxylic acids is 1. The van der Waals surface area contributed by atoms with E-state index in [-0.39, 0.29) is 17.8 Å². The van der Waals surface area contributed by atoms with Crippen LogP contribution in [0, 0.1) is 5.82 Å². The molecule has 4 rings (SSSR count). The van der Waals surface area contributed by atoms with E-state index < -0.39 is 0 Å². The first-order valence-corrected chi connectivity index (χ1v) is 11.0. The number of rotatable bonds is 6. The summed E-state index contributed by atoms with van der Waals surface area (Å²) in [4.78, 5) is 15.8. The van der Waals surface area contributed by atoms with Crippen LogP contribution >= 0.6 is 11.8 Å². The normalized spacial score (nSPS) is 15.5. The van der Waals surface area contributed by atoms with E-state index >= 15 is 0 Å². The highest BCUT2D eigenvalue weighted by atomic mass is 32.2. The molecule has 1 aliphatic rings. The van der Waals surface area contributed by atoms with E-state index in [2.05, 4.69) is 22.3 Å². The van der Waals surface area contributed by atoms with Crippen LogP contribution in [0.2, 0.25) is 0 Å². The Balaban J connectivity index is 1.23. The van der Waals surface area contributed by atoms with Gasteiger partial charge in [0.2, 0.25) is 5.91 Å². The summed E-state index contributed by atoms with van der Waals surface area (Å²) in [6.07, 6.45) is 1.95. The Hall–Kier alpha value is -2.37. The number of hydrogen-bond acceptors (Lipinski definition) is 3. The summed E-state index contributed by atoms with van der Waals surface area (Å²) in [7, 11) is 0. The number of amides is 1. The molecule has 1 amide bonds. The molecule has 0 saturated carbocycles. The van der Waals surface area contributed by atoms with Gasteiger partial charge in [-0.05, 0) is 59.5 Å². The number of fused-ring (bicyclic) bond motifs is 1. The number of nitrogens with zero attached hydrogens (tertiary/aromatic N) is 1. The molecule has 1 aliphatic heterocycles. The van der Waals surface area contributed by atoms with E-state index in [0.717, 1.165) is 48.1 Å². The van der Waals surface area contributed by atoms with Crippen molar-refractivity contribution in [3.05, 3.63) is 78.1 Å². The average molecular weight is 409 g/mol. The Bertz CT molecular complexity index is 971. The molecular formula is C24H25FN2OS. The number of thioether (sulfide) groups is 1. The number of piperidine rings is 1. The van der Waals surface area contributed by atoms with Crippen LogP contribution in [0.4, 0.5) is 4.39 Å². The fraction of sp³-hybridized carbons (Fsp3) is 0.292. The Kier molecular flexibility index (Phi) is 6.47. The molecule has 1 saturated heterocycles. The largest absolute Gasteiger partial charge is 0.353 e. The fourth-order valence-electron chi connectivity index (χ4n) is 3.79. The zero-order valence-electron chi connectivity index (χ0n) is 16.3. The topological polar surface area (TPSA) is 32.3 Å². The van der Waals surface area contributed by atoms with Gasteiger partial charge in [0.1, 0.15) is 5.82 Å². The molecule has 3 nitrogen and oxygen atoms in total. The van der Waals surface area contributed by atoms with E-state index in [1.54, 1.807) is 17.8 Å². The Morgan fingerprint density at radius 1 is 1.00 bits per heavy atom. The minimum absolute atomic E-state index is 0.110. The molecule has 0 unspecified atom stereocenters. The molecule has 0 aliphatic carbocycles. The molecule has 5 heteroatoms. The molecule has 1 fully saturated rings. The van der Waals surface area contributed by atoms with Crippen molar-refractivity contribution in [1.82, 2.24) is 10.2 Å². The molecule has 29 heavy (non-hydrogen) atoms. The van der Waals surface area contributed by atoms with Crippen LogP contribution in [-0.4, -0.2) is 35.7 Å².